The van der Waals surface area contributed by atoms with E-state index in [9.17, 15) is 9.18 Å². The first-order chi connectivity index (χ1) is 11.2. The lowest BCUT2D eigenvalue weighted by molar-refractivity contribution is 0.101. The van der Waals surface area contributed by atoms with Gasteiger partial charge in [-0.1, -0.05) is 11.2 Å². The van der Waals surface area contributed by atoms with Crippen molar-refractivity contribution in [2.75, 3.05) is 11.9 Å². The topological polar surface area (TPSA) is 67.2 Å². The minimum atomic E-state index is -0.398. The van der Waals surface area contributed by atoms with Gasteiger partial charge >= 0.3 is 0 Å². The van der Waals surface area contributed by atoms with Crippen LogP contribution >= 0.6 is 12.4 Å². The number of rotatable bonds is 2. The summed E-state index contributed by atoms with van der Waals surface area (Å²) in [6.45, 7) is 1.41. The molecule has 7 heteroatoms. The Morgan fingerprint density at radius 1 is 1.21 bits per heavy atom. The number of nitrogens with zero attached hydrogens (tertiary/aromatic N) is 1. The van der Waals surface area contributed by atoms with Crippen molar-refractivity contribution < 1.29 is 13.7 Å². The normalized spacial score (nSPS) is 15.9. The van der Waals surface area contributed by atoms with Gasteiger partial charge in [0.15, 0.2) is 5.69 Å². The van der Waals surface area contributed by atoms with Crippen LogP contribution in [0.2, 0.25) is 0 Å². The Hall–Kier alpha value is -1.92. The number of anilines is 1. The van der Waals surface area contributed by atoms with Crippen molar-refractivity contribution in [2.24, 2.45) is 0 Å². The number of halogens is 2. The van der Waals surface area contributed by atoms with Crippen LogP contribution in [-0.2, 0) is 25.8 Å². The summed E-state index contributed by atoms with van der Waals surface area (Å²) in [5.41, 5.74) is 3.01. The summed E-state index contributed by atoms with van der Waals surface area (Å²) in [5, 5.41) is 9.76. The maximum atomic E-state index is 14.6. The van der Waals surface area contributed by atoms with Crippen molar-refractivity contribution in [1.29, 1.82) is 0 Å². The summed E-state index contributed by atoms with van der Waals surface area (Å²) in [6.07, 6.45) is 4.31. The number of benzene rings is 1. The third kappa shape index (κ3) is 2.91. The van der Waals surface area contributed by atoms with Crippen LogP contribution in [0, 0.1) is 5.82 Å². The molecule has 2 N–H and O–H groups in total. The van der Waals surface area contributed by atoms with Gasteiger partial charge in [-0.05, 0) is 49.4 Å². The zero-order valence-corrected chi connectivity index (χ0v) is 14.0. The highest BCUT2D eigenvalue weighted by atomic mass is 35.5. The fourth-order valence-corrected chi connectivity index (χ4v) is 3.37. The van der Waals surface area contributed by atoms with Gasteiger partial charge < -0.3 is 15.2 Å². The number of hydrogen-bond donors (Lipinski definition) is 2. The summed E-state index contributed by atoms with van der Waals surface area (Å²) in [4.78, 5) is 12.5. The van der Waals surface area contributed by atoms with Crippen molar-refractivity contribution in [2.45, 2.75) is 38.6 Å². The van der Waals surface area contributed by atoms with Gasteiger partial charge in [-0.25, -0.2) is 4.39 Å². The van der Waals surface area contributed by atoms with Gasteiger partial charge in [0.25, 0.3) is 5.91 Å². The quantitative estimate of drug-likeness (QED) is 0.872. The van der Waals surface area contributed by atoms with Gasteiger partial charge in [-0.15, -0.1) is 12.4 Å². The molecular formula is C17H19ClFN3O2. The molecular weight excluding hydrogens is 333 g/mol. The predicted octanol–water partition coefficient (Wildman–Crippen LogP) is 3.01. The SMILES string of the molecule is Cl.O=C(Nc1ccc2c(c1F)CCNC2)c1noc2c1CCCC2. The fraction of sp³-hybridized carbons (Fsp3) is 0.412. The Labute approximate surface area is 145 Å². The molecule has 0 saturated carbocycles. The second-order valence-electron chi connectivity index (χ2n) is 6.09. The molecule has 0 atom stereocenters. The molecule has 0 saturated heterocycles. The fourth-order valence-electron chi connectivity index (χ4n) is 3.37. The molecule has 0 radical (unpaired) electrons. The molecule has 0 spiro atoms. The van der Waals surface area contributed by atoms with Crippen LogP contribution in [-0.4, -0.2) is 17.6 Å². The Balaban J connectivity index is 0.00000169. The average Bonchev–Trinajstić information content (AvgIpc) is 3.02. The molecule has 1 aliphatic heterocycles. The molecule has 1 aromatic carbocycles. The Kier molecular flexibility index (Phi) is 4.87. The van der Waals surface area contributed by atoms with Gasteiger partial charge in [0.1, 0.15) is 11.6 Å². The Bertz CT molecular complexity index is 775. The van der Waals surface area contributed by atoms with Gasteiger partial charge in [-0.2, -0.15) is 0 Å². The maximum absolute atomic E-state index is 14.6. The van der Waals surface area contributed by atoms with Gasteiger partial charge in [0.05, 0.1) is 5.69 Å². The van der Waals surface area contributed by atoms with Crippen LogP contribution in [0.5, 0.6) is 0 Å². The van der Waals surface area contributed by atoms with Crippen molar-refractivity contribution in [1.82, 2.24) is 10.5 Å². The smallest absolute Gasteiger partial charge is 0.278 e. The maximum Gasteiger partial charge on any atom is 0.278 e. The van der Waals surface area contributed by atoms with E-state index in [-0.39, 0.29) is 23.9 Å². The van der Waals surface area contributed by atoms with E-state index in [1.807, 2.05) is 6.07 Å². The van der Waals surface area contributed by atoms with Crippen LogP contribution in [0.3, 0.4) is 0 Å². The van der Waals surface area contributed by atoms with Crippen LogP contribution in [0.4, 0.5) is 10.1 Å². The molecule has 0 bridgehead atoms. The first kappa shape index (κ1) is 16.9. The van der Waals surface area contributed by atoms with E-state index < -0.39 is 5.91 Å². The van der Waals surface area contributed by atoms with Crippen LogP contribution < -0.4 is 10.6 Å². The summed E-state index contributed by atoms with van der Waals surface area (Å²) >= 11 is 0. The zero-order valence-electron chi connectivity index (χ0n) is 13.2. The molecule has 2 aromatic rings. The second kappa shape index (κ2) is 6.91. The predicted molar refractivity (Wildman–Crippen MR) is 90.2 cm³/mol. The highest BCUT2D eigenvalue weighted by molar-refractivity contribution is 6.04. The lowest BCUT2D eigenvalue weighted by Gasteiger charge is -2.19. The molecule has 0 unspecified atom stereocenters. The number of carbonyl (C=O) groups is 1. The van der Waals surface area contributed by atoms with E-state index in [0.29, 0.717) is 24.2 Å². The van der Waals surface area contributed by atoms with Gasteiger partial charge in [0.2, 0.25) is 0 Å². The summed E-state index contributed by atoms with van der Waals surface area (Å²) in [5.74, 6) is 0.0535. The van der Waals surface area contributed by atoms with Gasteiger partial charge in [-0.3, -0.25) is 4.79 Å². The van der Waals surface area contributed by atoms with Crippen LogP contribution in [0.1, 0.15) is 45.8 Å². The molecule has 24 heavy (non-hydrogen) atoms. The largest absolute Gasteiger partial charge is 0.360 e. The van der Waals surface area contributed by atoms with Gasteiger partial charge in [0, 0.05) is 18.5 Å². The zero-order chi connectivity index (χ0) is 15.8. The Morgan fingerprint density at radius 3 is 2.92 bits per heavy atom. The first-order valence-electron chi connectivity index (χ1n) is 8.04. The highest BCUT2D eigenvalue weighted by Gasteiger charge is 2.25. The number of aryl methyl sites for hydroxylation is 1. The molecule has 2 aliphatic rings. The second-order valence-corrected chi connectivity index (χ2v) is 6.09. The monoisotopic (exact) mass is 351 g/mol. The third-order valence-electron chi connectivity index (χ3n) is 4.62. The van der Waals surface area contributed by atoms with Crippen molar-refractivity contribution >= 4 is 24.0 Å². The van der Waals surface area contributed by atoms with E-state index in [2.05, 4.69) is 15.8 Å². The van der Waals surface area contributed by atoms with Crippen LogP contribution in [0.15, 0.2) is 16.7 Å². The van der Waals surface area contributed by atoms with E-state index in [1.54, 1.807) is 6.07 Å². The van der Waals surface area contributed by atoms with E-state index in [0.717, 1.165) is 49.1 Å². The number of carbonyl (C=O) groups excluding carboxylic acids is 1. The molecule has 1 amide bonds. The lowest BCUT2D eigenvalue weighted by Crippen LogP contribution is -2.25. The lowest BCUT2D eigenvalue weighted by atomic mass is 9.96. The average molecular weight is 352 g/mol. The number of fused-ring (bicyclic) bond motifs is 2. The summed E-state index contributed by atoms with van der Waals surface area (Å²) in [7, 11) is 0. The molecule has 1 aliphatic carbocycles. The number of aromatic nitrogens is 1. The van der Waals surface area contributed by atoms with Crippen LogP contribution in [0.25, 0.3) is 0 Å². The number of hydrogen-bond acceptors (Lipinski definition) is 4. The number of nitrogens with one attached hydrogen (secondary N) is 2. The molecule has 128 valence electrons. The number of amides is 1. The van der Waals surface area contributed by atoms with E-state index in [1.165, 1.54) is 0 Å². The summed E-state index contributed by atoms with van der Waals surface area (Å²) in [6, 6.07) is 3.48. The molecule has 5 nitrogen and oxygen atoms in total. The Morgan fingerprint density at radius 2 is 2.04 bits per heavy atom. The van der Waals surface area contributed by atoms with Crippen molar-refractivity contribution in [3.8, 4) is 0 Å². The minimum Gasteiger partial charge on any atom is -0.360 e. The third-order valence-corrected chi connectivity index (χ3v) is 4.62. The van der Waals surface area contributed by atoms with Crippen molar-refractivity contribution in [3.63, 3.8) is 0 Å². The standard InChI is InChI=1S/C17H18FN3O2.ClH/c18-15-11-7-8-19-9-10(11)5-6-13(15)20-17(22)16-12-3-1-2-4-14(12)23-21-16;/h5-6,19H,1-4,7-9H2,(H,20,22);1H. The molecule has 1 aromatic heterocycles. The molecule has 0 fully saturated rings. The molecule has 4 rings (SSSR count). The summed E-state index contributed by atoms with van der Waals surface area (Å²) < 4.78 is 19.9. The van der Waals surface area contributed by atoms with E-state index in [4.69, 9.17) is 4.52 Å². The minimum absolute atomic E-state index is 0. The van der Waals surface area contributed by atoms with E-state index >= 15 is 0 Å². The highest BCUT2D eigenvalue weighted by Crippen LogP contribution is 2.27. The van der Waals surface area contributed by atoms with Crippen molar-refractivity contribution in [3.05, 3.63) is 46.1 Å². The first-order valence-corrected chi connectivity index (χ1v) is 8.04. The molecule has 2 heterocycles.